The van der Waals surface area contributed by atoms with Crippen LogP contribution in [-0.4, -0.2) is 43.7 Å². The standard InChI is InChI=1S/C24H32N2O2/c1-2-28-24(27)21-12-11-18-25(20-21)17-9-10-19-26(22-13-5-3-6-14-22)23-15-7-4-8-16-23/h3-8,13-16,21H,2,9-12,17-20H2,1H3/t21-/m1/s1. The van der Waals surface area contributed by atoms with Gasteiger partial charge in [0.2, 0.25) is 0 Å². The second-order valence-corrected chi connectivity index (χ2v) is 7.42. The van der Waals surface area contributed by atoms with Crippen LogP contribution in [-0.2, 0) is 9.53 Å². The van der Waals surface area contributed by atoms with Gasteiger partial charge in [-0.25, -0.2) is 0 Å². The molecule has 1 heterocycles. The van der Waals surface area contributed by atoms with E-state index < -0.39 is 0 Å². The van der Waals surface area contributed by atoms with E-state index in [2.05, 4.69) is 70.5 Å². The molecule has 0 amide bonds. The predicted molar refractivity (Wildman–Crippen MR) is 115 cm³/mol. The molecule has 2 aromatic carbocycles. The Morgan fingerprint density at radius 1 is 1.04 bits per heavy atom. The number of para-hydroxylation sites is 2. The molecule has 0 aromatic heterocycles. The molecule has 4 heteroatoms. The third kappa shape index (κ3) is 5.83. The summed E-state index contributed by atoms with van der Waals surface area (Å²) in [7, 11) is 0. The van der Waals surface area contributed by atoms with Gasteiger partial charge in [-0.1, -0.05) is 36.4 Å². The zero-order chi connectivity index (χ0) is 19.6. The molecule has 150 valence electrons. The molecule has 28 heavy (non-hydrogen) atoms. The molecule has 3 rings (SSSR count). The van der Waals surface area contributed by atoms with Crippen molar-refractivity contribution in [3.63, 3.8) is 0 Å². The van der Waals surface area contributed by atoms with Crippen molar-refractivity contribution in [1.29, 1.82) is 0 Å². The quantitative estimate of drug-likeness (QED) is 0.458. The fourth-order valence-electron chi connectivity index (χ4n) is 3.94. The lowest BCUT2D eigenvalue weighted by Gasteiger charge is -2.31. The van der Waals surface area contributed by atoms with E-state index in [1.807, 2.05) is 6.92 Å². The lowest BCUT2D eigenvalue weighted by molar-refractivity contribution is -0.149. The first kappa shape index (κ1) is 20.4. The molecule has 1 aliphatic rings. The zero-order valence-electron chi connectivity index (χ0n) is 16.9. The lowest BCUT2D eigenvalue weighted by Crippen LogP contribution is -2.40. The Morgan fingerprint density at radius 3 is 2.29 bits per heavy atom. The maximum Gasteiger partial charge on any atom is 0.310 e. The number of carbonyl (C=O) groups excluding carboxylic acids is 1. The van der Waals surface area contributed by atoms with Crippen LogP contribution < -0.4 is 4.90 Å². The Labute approximate surface area is 169 Å². The number of hydrogen-bond donors (Lipinski definition) is 0. The Kier molecular flexibility index (Phi) is 7.92. The number of ether oxygens (including phenoxy) is 1. The lowest BCUT2D eigenvalue weighted by atomic mass is 9.98. The van der Waals surface area contributed by atoms with Crippen LogP contribution in [0.1, 0.15) is 32.6 Å². The molecule has 1 fully saturated rings. The topological polar surface area (TPSA) is 32.8 Å². The molecule has 0 unspecified atom stereocenters. The van der Waals surface area contributed by atoms with E-state index in [1.54, 1.807) is 0 Å². The number of unbranched alkanes of at least 4 members (excludes halogenated alkanes) is 1. The number of esters is 1. The average Bonchev–Trinajstić information content (AvgIpc) is 2.75. The highest BCUT2D eigenvalue weighted by atomic mass is 16.5. The second kappa shape index (κ2) is 10.9. The maximum atomic E-state index is 12.0. The number of benzene rings is 2. The number of carbonyl (C=O) groups is 1. The Hall–Kier alpha value is -2.33. The van der Waals surface area contributed by atoms with Crippen molar-refractivity contribution < 1.29 is 9.53 Å². The number of piperidine rings is 1. The van der Waals surface area contributed by atoms with Crippen LogP contribution in [0.5, 0.6) is 0 Å². The normalized spacial score (nSPS) is 17.2. The van der Waals surface area contributed by atoms with Gasteiger partial charge in [-0.3, -0.25) is 4.79 Å². The Bertz CT molecular complexity index is 666. The van der Waals surface area contributed by atoms with Gasteiger partial charge in [-0.15, -0.1) is 0 Å². The summed E-state index contributed by atoms with van der Waals surface area (Å²) in [6, 6.07) is 21.2. The minimum atomic E-state index is -0.0217. The molecule has 2 aromatic rings. The molecular weight excluding hydrogens is 348 g/mol. The molecule has 0 N–H and O–H groups in total. The molecule has 0 radical (unpaired) electrons. The summed E-state index contributed by atoms with van der Waals surface area (Å²) in [4.78, 5) is 16.8. The maximum absolute atomic E-state index is 12.0. The minimum absolute atomic E-state index is 0.0217. The van der Waals surface area contributed by atoms with Gasteiger partial charge in [0.15, 0.2) is 0 Å². The Morgan fingerprint density at radius 2 is 1.68 bits per heavy atom. The van der Waals surface area contributed by atoms with Gasteiger partial charge in [0.05, 0.1) is 12.5 Å². The van der Waals surface area contributed by atoms with Crippen LogP contribution in [0.2, 0.25) is 0 Å². The van der Waals surface area contributed by atoms with Gasteiger partial charge in [0.1, 0.15) is 0 Å². The first-order valence-electron chi connectivity index (χ1n) is 10.5. The average molecular weight is 381 g/mol. The van der Waals surface area contributed by atoms with Crippen LogP contribution in [0.15, 0.2) is 60.7 Å². The second-order valence-electron chi connectivity index (χ2n) is 7.42. The third-order valence-electron chi connectivity index (χ3n) is 5.37. The van der Waals surface area contributed by atoms with E-state index in [0.29, 0.717) is 6.61 Å². The molecular formula is C24H32N2O2. The molecule has 0 saturated carbocycles. The molecule has 4 nitrogen and oxygen atoms in total. The monoisotopic (exact) mass is 380 g/mol. The van der Waals surface area contributed by atoms with Crippen molar-refractivity contribution in [2.45, 2.75) is 32.6 Å². The highest BCUT2D eigenvalue weighted by Gasteiger charge is 2.26. The van der Waals surface area contributed by atoms with Gasteiger partial charge >= 0.3 is 5.97 Å². The van der Waals surface area contributed by atoms with E-state index in [-0.39, 0.29) is 11.9 Å². The molecule has 1 atom stereocenters. The van der Waals surface area contributed by atoms with Crippen LogP contribution >= 0.6 is 0 Å². The SMILES string of the molecule is CCOC(=O)[C@@H]1CCCN(CCCCN(c2ccccc2)c2ccccc2)C1. The van der Waals surface area contributed by atoms with Crippen LogP contribution in [0.3, 0.4) is 0 Å². The van der Waals surface area contributed by atoms with E-state index in [0.717, 1.165) is 51.9 Å². The predicted octanol–water partition coefficient (Wildman–Crippen LogP) is 4.88. The summed E-state index contributed by atoms with van der Waals surface area (Å²) in [6.07, 6.45) is 4.30. The van der Waals surface area contributed by atoms with Crippen molar-refractivity contribution >= 4 is 17.3 Å². The minimum Gasteiger partial charge on any atom is -0.466 e. The van der Waals surface area contributed by atoms with E-state index in [4.69, 9.17) is 4.74 Å². The highest BCUT2D eigenvalue weighted by molar-refractivity contribution is 5.72. The van der Waals surface area contributed by atoms with E-state index in [1.165, 1.54) is 11.4 Å². The highest BCUT2D eigenvalue weighted by Crippen LogP contribution is 2.25. The van der Waals surface area contributed by atoms with Crippen LogP contribution in [0.25, 0.3) is 0 Å². The van der Waals surface area contributed by atoms with Gasteiger partial charge in [0.25, 0.3) is 0 Å². The summed E-state index contributed by atoms with van der Waals surface area (Å²) in [6.45, 7) is 6.33. The van der Waals surface area contributed by atoms with Crippen molar-refractivity contribution in [2.24, 2.45) is 5.92 Å². The largest absolute Gasteiger partial charge is 0.466 e. The van der Waals surface area contributed by atoms with Crippen LogP contribution in [0.4, 0.5) is 11.4 Å². The molecule has 1 aliphatic heterocycles. The fourth-order valence-corrected chi connectivity index (χ4v) is 3.94. The van der Waals surface area contributed by atoms with Gasteiger partial charge in [-0.2, -0.15) is 0 Å². The first-order valence-corrected chi connectivity index (χ1v) is 10.5. The number of rotatable bonds is 9. The summed E-state index contributed by atoms with van der Waals surface area (Å²) < 4.78 is 5.21. The Balaban J connectivity index is 1.50. The van der Waals surface area contributed by atoms with E-state index in [9.17, 15) is 4.79 Å². The van der Waals surface area contributed by atoms with Crippen molar-refractivity contribution in [3.05, 3.63) is 60.7 Å². The summed E-state index contributed by atoms with van der Waals surface area (Å²) >= 11 is 0. The third-order valence-corrected chi connectivity index (χ3v) is 5.37. The van der Waals surface area contributed by atoms with Crippen molar-refractivity contribution in [1.82, 2.24) is 4.90 Å². The summed E-state index contributed by atoms with van der Waals surface area (Å²) in [5, 5.41) is 0. The molecule has 0 spiro atoms. The van der Waals surface area contributed by atoms with Crippen LogP contribution in [0, 0.1) is 5.92 Å². The number of likely N-dealkylation sites (tertiary alicyclic amines) is 1. The van der Waals surface area contributed by atoms with Crippen molar-refractivity contribution in [3.8, 4) is 0 Å². The molecule has 0 bridgehead atoms. The zero-order valence-corrected chi connectivity index (χ0v) is 16.9. The van der Waals surface area contributed by atoms with Gasteiger partial charge < -0.3 is 14.5 Å². The van der Waals surface area contributed by atoms with Gasteiger partial charge in [0, 0.05) is 24.5 Å². The van der Waals surface area contributed by atoms with E-state index >= 15 is 0 Å². The molecule has 1 saturated heterocycles. The number of anilines is 2. The van der Waals surface area contributed by atoms with Crippen molar-refractivity contribution in [2.75, 3.05) is 37.7 Å². The first-order chi connectivity index (χ1) is 13.8. The molecule has 0 aliphatic carbocycles. The number of nitrogens with zero attached hydrogens (tertiary/aromatic N) is 2. The summed E-state index contributed by atoms with van der Waals surface area (Å²) in [5.41, 5.74) is 2.46. The fraction of sp³-hybridized carbons (Fsp3) is 0.458. The van der Waals surface area contributed by atoms with Gasteiger partial charge in [-0.05, 0) is 70.0 Å². The number of hydrogen-bond acceptors (Lipinski definition) is 4. The summed E-state index contributed by atoms with van der Waals surface area (Å²) in [5.74, 6) is 0.0327. The smallest absolute Gasteiger partial charge is 0.310 e.